The van der Waals surface area contributed by atoms with Gasteiger partial charge in [0.15, 0.2) is 8.32 Å². The lowest BCUT2D eigenvalue weighted by atomic mass is 9.96. The van der Waals surface area contributed by atoms with Crippen LogP contribution < -0.4 is 10.6 Å². The normalized spacial score (nSPS) is 23.7. The van der Waals surface area contributed by atoms with Gasteiger partial charge >= 0.3 is 5.97 Å². The minimum absolute atomic E-state index is 0.00510. The van der Waals surface area contributed by atoms with Gasteiger partial charge in [0.05, 0.1) is 18.8 Å². The van der Waals surface area contributed by atoms with E-state index in [0.29, 0.717) is 12.0 Å². The fourth-order valence-corrected chi connectivity index (χ4v) is 6.36. The van der Waals surface area contributed by atoms with E-state index in [9.17, 15) is 14.4 Å². The van der Waals surface area contributed by atoms with E-state index >= 15 is 0 Å². The minimum atomic E-state index is -2.12. The third-order valence-electron chi connectivity index (χ3n) is 10.1. The van der Waals surface area contributed by atoms with Gasteiger partial charge in [-0.05, 0) is 76.6 Å². The Labute approximate surface area is 339 Å². The van der Waals surface area contributed by atoms with Crippen molar-refractivity contribution in [3.8, 4) is 0 Å². The first-order chi connectivity index (χ1) is 26.3. The summed E-state index contributed by atoms with van der Waals surface area (Å²) in [7, 11) is 1.30. The summed E-state index contributed by atoms with van der Waals surface area (Å²) >= 11 is 0. The van der Waals surface area contributed by atoms with Crippen molar-refractivity contribution >= 4 is 26.6 Å². The molecule has 1 rings (SSSR count). The standard InChI is InChI=1S/C46H72N2O7Si/c1-34-25-26-35(2)30-41(53-11)24-18-16-14-15-17-22-40(52-10)23-20-19-21-37(4)43(55-45(51)39(6)29-34)38(5)28-27-36(3)31-47-44(50)42(48-33-49)32-54-56(12,13)46(7,8)9/h14-16,18-21,23,25-30,33-34,37,40-43H,17,22,24,31-32H2,1-13H3,(H,47,50)(H,48,49)/t34-,37+,40+,41+,42+,43+/m1/s1. The molecule has 0 radical (unpaired) electrons. The third-order valence-corrected chi connectivity index (χ3v) is 14.6. The highest BCUT2D eigenvalue weighted by Crippen LogP contribution is 2.36. The highest BCUT2D eigenvalue weighted by Gasteiger charge is 2.38. The average Bonchev–Trinajstić information content (AvgIpc) is 3.14. The predicted octanol–water partition coefficient (Wildman–Crippen LogP) is 9.20. The molecule has 1 heterocycles. The first-order valence-electron chi connectivity index (χ1n) is 19.8. The zero-order chi connectivity index (χ0) is 42.3. The minimum Gasteiger partial charge on any atom is -0.454 e. The molecule has 0 aromatic heterocycles. The molecule has 312 valence electrons. The quantitative estimate of drug-likeness (QED) is 0.0878. The SMILES string of the molecule is CO[C@@H]1C=C(C)C=C[C@@H](C)C=C(C)C(=O)O[C@H](C(C)=CC=C(C)CNC(=O)[C@H](CO[Si](C)(C)C(C)(C)C)NC=O)[C@@H](C)C=CC=C[C@@H](OC)CCC=CC=CC1. The van der Waals surface area contributed by atoms with Crippen molar-refractivity contribution < 1.29 is 33.0 Å². The number of nitrogens with one attached hydrogen (secondary N) is 2. The number of ether oxygens (including phenoxy) is 3. The van der Waals surface area contributed by atoms with Crippen molar-refractivity contribution in [1.29, 1.82) is 0 Å². The fourth-order valence-electron chi connectivity index (χ4n) is 5.34. The van der Waals surface area contributed by atoms with Crippen molar-refractivity contribution in [2.24, 2.45) is 11.8 Å². The van der Waals surface area contributed by atoms with Gasteiger partial charge in [0.1, 0.15) is 12.1 Å². The number of carbonyl (C=O) groups excluding carboxylic acids is 3. The van der Waals surface area contributed by atoms with Crippen LogP contribution in [0.25, 0.3) is 0 Å². The van der Waals surface area contributed by atoms with Crippen LogP contribution in [-0.2, 0) is 33.0 Å². The zero-order valence-corrected chi connectivity index (χ0v) is 37.5. The van der Waals surface area contributed by atoms with Gasteiger partial charge in [0.2, 0.25) is 12.3 Å². The molecular weight excluding hydrogens is 721 g/mol. The third kappa shape index (κ3) is 19.8. The molecule has 10 heteroatoms. The van der Waals surface area contributed by atoms with Crippen molar-refractivity contribution in [2.45, 2.75) is 124 Å². The predicted molar refractivity (Wildman–Crippen MR) is 234 cm³/mol. The number of hydrogen-bond donors (Lipinski definition) is 2. The number of rotatable bonds is 12. The van der Waals surface area contributed by atoms with Crippen LogP contribution in [0, 0.1) is 11.8 Å². The Hall–Kier alpha value is -3.83. The molecule has 0 aromatic rings. The van der Waals surface area contributed by atoms with Crippen LogP contribution in [0.3, 0.4) is 0 Å². The molecule has 56 heavy (non-hydrogen) atoms. The summed E-state index contributed by atoms with van der Waals surface area (Å²) in [5.41, 5.74) is 3.32. The lowest BCUT2D eigenvalue weighted by Gasteiger charge is -2.37. The van der Waals surface area contributed by atoms with E-state index in [1.165, 1.54) is 0 Å². The zero-order valence-electron chi connectivity index (χ0n) is 36.5. The van der Waals surface area contributed by atoms with Crippen LogP contribution in [0.5, 0.6) is 0 Å². The molecule has 0 saturated carbocycles. The van der Waals surface area contributed by atoms with E-state index < -0.39 is 20.5 Å². The Kier molecular flexibility index (Phi) is 23.4. The second-order valence-electron chi connectivity index (χ2n) is 16.2. The number of amides is 2. The molecule has 0 saturated heterocycles. The number of hydrogen-bond acceptors (Lipinski definition) is 7. The van der Waals surface area contributed by atoms with E-state index in [0.717, 1.165) is 36.0 Å². The fraction of sp³-hybridized carbons (Fsp3) is 0.543. The lowest BCUT2D eigenvalue weighted by molar-refractivity contribution is -0.144. The van der Waals surface area contributed by atoms with E-state index in [1.54, 1.807) is 21.1 Å². The summed E-state index contributed by atoms with van der Waals surface area (Å²) in [6, 6.07) is -0.802. The molecule has 0 unspecified atom stereocenters. The summed E-state index contributed by atoms with van der Waals surface area (Å²) in [6.07, 6.45) is 30.7. The number of carbonyl (C=O) groups is 3. The van der Waals surface area contributed by atoms with Crippen LogP contribution in [-0.4, -0.2) is 78.3 Å². The number of esters is 1. The van der Waals surface area contributed by atoms with Crippen LogP contribution >= 0.6 is 0 Å². The number of methoxy groups -OCH3 is 2. The van der Waals surface area contributed by atoms with Crippen molar-refractivity contribution in [1.82, 2.24) is 10.6 Å². The largest absolute Gasteiger partial charge is 0.454 e. The first-order valence-corrected chi connectivity index (χ1v) is 22.7. The first kappa shape index (κ1) is 50.2. The van der Waals surface area contributed by atoms with Crippen LogP contribution in [0.4, 0.5) is 0 Å². The highest BCUT2D eigenvalue weighted by molar-refractivity contribution is 6.74. The van der Waals surface area contributed by atoms with Gasteiger partial charge in [-0.25, -0.2) is 4.79 Å². The second-order valence-corrected chi connectivity index (χ2v) is 21.0. The van der Waals surface area contributed by atoms with Crippen LogP contribution in [0.1, 0.15) is 81.6 Å². The summed E-state index contributed by atoms with van der Waals surface area (Å²) in [6.45, 7) is 22.7. The summed E-state index contributed by atoms with van der Waals surface area (Å²) in [5.74, 6) is -0.870. The Morgan fingerprint density at radius 1 is 0.964 bits per heavy atom. The Morgan fingerprint density at radius 2 is 1.62 bits per heavy atom. The maximum absolute atomic E-state index is 13.5. The smallest absolute Gasteiger partial charge is 0.334 e. The average molecular weight is 793 g/mol. The second kappa shape index (κ2) is 26.2. The van der Waals surface area contributed by atoms with Gasteiger partial charge in [-0.2, -0.15) is 0 Å². The maximum Gasteiger partial charge on any atom is 0.334 e. The maximum atomic E-state index is 13.5. The van der Waals surface area contributed by atoms with Gasteiger partial charge in [0, 0.05) is 32.3 Å². The Morgan fingerprint density at radius 3 is 2.27 bits per heavy atom. The molecule has 0 aliphatic carbocycles. The van der Waals surface area contributed by atoms with Gasteiger partial charge < -0.3 is 29.3 Å². The summed E-state index contributed by atoms with van der Waals surface area (Å²) in [5, 5.41) is 5.49. The molecule has 2 N–H and O–H groups in total. The molecule has 1 aliphatic rings. The molecule has 9 nitrogen and oxygen atoms in total. The van der Waals surface area contributed by atoms with E-state index in [4.69, 9.17) is 18.6 Å². The van der Waals surface area contributed by atoms with E-state index in [2.05, 4.69) is 87.0 Å². The van der Waals surface area contributed by atoms with Gasteiger partial charge in [-0.3, -0.25) is 9.59 Å². The molecule has 1 aliphatic heterocycles. The van der Waals surface area contributed by atoms with Crippen molar-refractivity contribution in [3.05, 3.63) is 107 Å². The molecule has 6 atom stereocenters. The van der Waals surface area contributed by atoms with E-state index in [-0.39, 0.29) is 54.1 Å². The van der Waals surface area contributed by atoms with Gasteiger partial charge in [-0.15, -0.1) is 0 Å². The number of allylic oxidation sites excluding steroid dienone is 11. The Balaban J connectivity index is 3.33. The van der Waals surface area contributed by atoms with Crippen molar-refractivity contribution in [3.63, 3.8) is 0 Å². The van der Waals surface area contributed by atoms with Crippen LogP contribution in [0.15, 0.2) is 107 Å². The van der Waals surface area contributed by atoms with Crippen molar-refractivity contribution in [2.75, 3.05) is 27.4 Å². The van der Waals surface area contributed by atoms with E-state index in [1.807, 2.05) is 77.2 Å². The summed E-state index contributed by atoms with van der Waals surface area (Å²) < 4.78 is 23.7. The molecule has 0 aromatic carbocycles. The summed E-state index contributed by atoms with van der Waals surface area (Å²) in [4.78, 5) is 37.9. The topological polar surface area (TPSA) is 112 Å². The monoisotopic (exact) mass is 793 g/mol. The Bertz CT molecular complexity index is 1520. The lowest BCUT2D eigenvalue weighted by Crippen LogP contribution is -2.50. The molecule has 0 bridgehead atoms. The molecule has 0 fully saturated rings. The number of cyclic esters (lactones) is 1. The highest BCUT2D eigenvalue weighted by atomic mass is 28.4. The molecule has 0 spiro atoms. The molecular formula is C46H72N2O7Si. The van der Waals surface area contributed by atoms with Gasteiger partial charge in [0.25, 0.3) is 0 Å². The van der Waals surface area contributed by atoms with Gasteiger partial charge in [-0.1, -0.05) is 131 Å². The molecule has 2 amide bonds. The van der Waals surface area contributed by atoms with Crippen LogP contribution in [0.2, 0.25) is 18.1 Å².